The van der Waals surface area contributed by atoms with E-state index in [2.05, 4.69) is 0 Å². The minimum atomic E-state index is -0.378. The lowest BCUT2D eigenvalue weighted by Gasteiger charge is -2.37. The number of rotatable bonds is 3. The predicted molar refractivity (Wildman–Crippen MR) is 89.0 cm³/mol. The van der Waals surface area contributed by atoms with Gasteiger partial charge in [-0.1, -0.05) is 39.0 Å². The lowest BCUT2D eigenvalue weighted by Crippen LogP contribution is -2.53. The molecule has 23 heavy (non-hydrogen) atoms. The maximum absolute atomic E-state index is 12.3. The van der Waals surface area contributed by atoms with Gasteiger partial charge in [-0.3, -0.25) is 9.59 Å². The van der Waals surface area contributed by atoms with Crippen LogP contribution in [0.2, 0.25) is 0 Å². The van der Waals surface area contributed by atoms with Crippen LogP contribution in [0.5, 0.6) is 5.75 Å². The summed E-state index contributed by atoms with van der Waals surface area (Å²) in [6.45, 7) is 8.11. The van der Waals surface area contributed by atoms with Crippen molar-refractivity contribution in [2.45, 2.75) is 33.6 Å². The van der Waals surface area contributed by atoms with Crippen LogP contribution in [0.3, 0.4) is 0 Å². The molecule has 0 saturated carbocycles. The Kier molecular flexibility index (Phi) is 5.29. The molecule has 1 aromatic carbocycles. The molecule has 2 amide bonds. The molecule has 126 valence electrons. The summed E-state index contributed by atoms with van der Waals surface area (Å²) in [5, 5.41) is 9.74. The van der Waals surface area contributed by atoms with Crippen LogP contribution in [-0.4, -0.2) is 52.9 Å². The van der Waals surface area contributed by atoms with Crippen LogP contribution < -0.4 is 0 Å². The minimum absolute atomic E-state index is 0.0797. The van der Waals surface area contributed by atoms with Crippen LogP contribution in [0, 0.1) is 5.41 Å². The summed E-state index contributed by atoms with van der Waals surface area (Å²) in [4.78, 5) is 28.2. The Morgan fingerprint density at radius 1 is 1.04 bits per heavy atom. The van der Waals surface area contributed by atoms with E-state index in [1.165, 1.54) is 0 Å². The molecule has 0 radical (unpaired) electrons. The van der Waals surface area contributed by atoms with Gasteiger partial charge < -0.3 is 14.9 Å². The van der Waals surface area contributed by atoms with Gasteiger partial charge in [0.1, 0.15) is 5.75 Å². The summed E-state index contributed by atoms with van der Waals surface area (Å²) in [7, 11) is 0. The van der Waals surface area contributed by atoms with E-state index >= 15 is 0 Å². The molecule has 0 aliphatic carbocycles. The van der Waals surface area contributed by atoms with Gasteiger partial charge in [0.2, 0.25) is 11.8 Å². The maximum Gasteiger partial charge on any atom is 0.228 e. The summed E-state index contributed by atoms with van der Waals surface area (Å²) < 4.78 is 0. The number of benzene rings is 1. The summed E-state index contributed by atoms with van der Waals surface area (Å²) in [5.41, 5.74) is 0.416. The van der Waals surface area contributed by atoms with Crippen LogP contribution in [0.4, 0.5) is 0 Å². The number of piperazine rings is 1. The Labute approximate surface area is 137 Å². The van der Waals surface area contributed by atoms with Crippen molar-refractivity contribution in [3.63, 3.8) is 0 Å². The van der Waals surface area contributed by atoms with Crippen molar-refractivity contribution in [2.75, 3.05) is 26.2 Å². The minimum Gasteiger partial charge on any atom is -0.508 e. The standard InChI is InChI=1S/C18H26N2O3/c1-18(2,3)17(23)20-12-10-19(11-13-20)16(22)9-8-14-6-4-5-7-15(14)21/h4-7,21H,8-13H2,1-3H3. The summed E-state index contributed by atoms with van der Waals surface area (Å²) >= 11 is 0. The van der Waals surface area contributed by atoms with E-state index in [-0.39, 0.29) is 23.0 Å². The quantitative estimate of drug-likeness (QED) is 0.928. The van der Waals surface area contributed by atoms with Crippen molar-refractivity contribution in [1.82, 2.24) is 9.80 Å². The average Bonchev–Trinajstić information content (AvgIpc) is 2.52. The van der Waals surface area contributed by atoms with Crippen molar-refractivity contribution in [1.29, 1.82) is 0 Å². The highest BCUT2D eigenvalue weighted by Crippen LogP contribution is 2.20. The molecule has 1 aromatic rings. The molecule has 1 aliphatic rings. The summed E-state index contributed by atoms with van der Waals surface area (Å²) in [6.07, 6.45) is 0.914. The van der Waals surface area contributed by atoms with Crippen molar-refractivity contribution < 1.29 is 14.7 Å². The molecule has 5 heteroatoms. The zero-order valence-electron chi connectivity index (χ0n) is 14.2. The normalized spacial score (nSPS) is 15.6. The first-order valence-corrected chi connectivity index (χ1v) is 8.13. The fourth-order valence-corrected chi connectivity index (χ4v) is 2.76. The first kappa shape index (κ1) is 17.3. The third kappa shape index (κ3) is 4.47. The molecule has 0 spiro atoms. The molecule has 1 aliphatic heterocycles. The fourth-order valence-electron chi connectivity index (χ4n) is 2.76. The highest BCUT2D eigenvalue weighted by atomic mass is 16.3. The molecule has 1 saturated heterocycles. The van der Waals surface area contributed by atoms with E-state index in [1.54, 1.807) is 12.1 Å². The number of hydrogen-bond acceptors (Lipinski definition) is 3. The van der Waals surface area contributed by atoms with Crippen molar-refractivity contribution >= 4 is 11.8 Å². The molecule has 0 unspecified atom stereocenters. The fraction of sp³-hybridized carbons (Fsp3) is 0.556. The Bertz CT molecular complexity index is 570. The van der Waals surface area contributed by atoms with Gasteiger partial charge in [-0.05, 0) is 18.1 Å². The zero-order chi connectivity index (χ0) is 17.0. The van der Waals surface area contributed by atoms with Gasteiger partial charge in [0.15, 0.2) is 0 Å². The largest absolute Gasteiger partial charge is 0.508 e. The van der Waals surface area contributed by atoms with E-state index in [4.69, 9.17) is 0 Å². The third-order valence-corrected chi connectivity index (χ3v) is 4.16. The monoisotopic (exact) mass is 318 g/mol. The second kappa shape index (κ2) is 7.02. The molecule has 2 rings (SSSR count). The van der Waals surface area contributed by atoms with E-state index in [0.29, 0.717) is 39.0 Å². The molecule has 1 N–H and O–H groups in total. The molecule has 0 bridgehead atoms. The number of carbonyl (C=O) groups excluding carboxylic acids is 2. The molecule has 0 aromatic heterocycles. The van der Waals surface area contributed by atoms with Crippen LogP contribution >= 0.6 is 0 Å². The number of hydrogen-bond donors (Lipinski definition) is 1. The van der Waals surface area contributed by atoms with Crippen LogP contribution in [-0.2, 0) is 16.0 Å². The maximum atomic E-state index is 12.3. The van der Waals surface area contributed by atoms with Crippen LogP contribution in [0.25, 0.3) is 0 Å². The number of aryl methyl sites for hydroxylation is 1. The highest BCUT2D eigenvalue weighted by Gasteiger charge is 2.30. The van der Waals surface area contributed by atoms with Gasteiger partial charge in [0.05, 0.1) is 0 Å². The second-order valence-electron chi connectivity index (χ2n) is 7.05. The average molecular weight is 318 g/mol. The smallest absolute Gasteiger partial charge is 0.228 e. The zero-order valence-corrected chi connectivity index (χ0v) is 14.2. The first-order valence-electron chi connectivity index (χ1n) is 8.13. The number of phenolic OH excluding ortho intramolecular Hbond substituents is 1. The number of phenols is 1. The SMILES string of the molecule is CC(C)(C)C(=O)N1CCN(C(=O)CCc2ccccc2O)CC1. The van der Waals surface area contributed by atoms with E-state index in [1.807, 2.05) is 42.7 Å². The van der Waals surface area contributed by atoms with Gasteiger partial charge in [-0.25, -0.2) is 0 Å². The lowest BCUT2D eigenvalue weighted by molar-refractivity contribution is -0.144. The first-order chi connectivity index (χ1) is 10.8. The van der Waals surface area contributed by atoms with Crippen molar-refractivity contribution in [2.24, 2.45) is 5.41 Å². The number of carbonyl (C=O) groups is 2. The van der Waals surface area contributed by atoms with Gasteiger partial charge in [-0.15, -0.1) is 0 Å². The molecule has 0 atom stereocenters. The Morgan fingerprint density at radius 3 is 2.17 bits per heavy atom. The van der Waals surface area contributed by atoms with Crippen molar-refractivity contribution in [3.8, 4) is 5.75 Å². The number of amides is 2. The summed E-state index contributed by atoms with van der Waals surface area (Å²) in [5.74, 6) is 0.454. The number of aromatic hydroxyl groups is 1. The highest BCUT2D eigenvalue weighted by molar-refractivity contribution is 5.82. The van der Waals surface area contributed by atoms with E-state index < -0.39 is 0 Å². The summed E-state index contributed by atoms with van der Waals surface area (Å²) in [6, 6.07) is 7.10. The second-order valence-corrected chi connectivity index (χ2v) is 7.05. The molecular weight excluding hydrogens is 292 g/mol. The van der Waals surface area contributed by atoms with Gasteiger partial charge in [-0.2, -0.15) is 0 Å². The molecule has 5 nitrogen and oxygen atoms in total. The lowest BCUT2D eigenvalue weighted by atomic mass is 9.94. The Morgan fingerprint density at radius 2 is 1.61 bits per heavy atom. The van der Waals surface area contributed by atoms with E-state index in [9.17, 15) is 14.7 Å². The predicted octanol–water partition coefficient (Wildman–Crippen LogP) is 2.04. The Hall–Kier alpha value is -2.04. The molecule has 1 heterocycles. The van der Waals surface area contributed by atoms with Gasteiger partial charge >= 0.3 is 0 Å². The van der Waals surface area contributed by atoms with Crippen LogP contribution in [0.15, 0.2) is 24.3 Å². The third-order valence-electron chi connectivity index (χ3n) is 4.16. The number of nitrogens with zero attached hydrogens (tertiary/aromatic N) is 2. The van der Waals surface area contributed by atoms with E-state index in [0.717, 1.165) is 5.56 Å². The molecular formula is C18H26N2O3. The topological polar surface area (TPSA) is 60.9 Å². The number of para-hydroxylation sites is 1. The molecule has 1 fully saturated rings. The van der Waals surface area contributed by atoms with Gasteiger partial charge in [0, 0.05) is 38.0 Å². The Balaban J connectivity index is 1.82. The van der Waals surface area contributed by atoms with Crippen LogP contribution in [0.1, 0.15) is 32.8 Å². The van der Waals surface area contributed by atoms with Crippen molar-refractivity contribution in [3.05, 3.63) is 29.8 Å². The van der Waals surface area contributed by atoms with Gasteiger partial charge in [0.25, 0.3) is 0 Å².